The van der Waals surface area contributed by atoms with E-state index in [-0.39, 0.29) is 28.4 Å². The summed E-state index contributed by atoms with van der Waals surface area (Å²) >= 11 is 0. The van der Waals surface area contributed by atoms with Gasteiger partial charge in [0.25, 0.3) is 0 Å². The molecule has 5 rings (SSSR count). The quantitative estimate of drug-likeness (QED) is 0.187. The van der Waals surface area contributed by atoms with Crippen molar-refractivity contribution in [2.75, 3.05) is 0 Å². The van der Waals surface area contributed by atoms with Crippen molar-refractivity contribution in [2.45, 2.75) is 57.5 Å². The maximum absolute atomic E-state index is 14.8. The van der Waals surface area contributed by atoms with Gasteiger partial charge in [0.1, 0.15) is 11.6 Å². The van der Waals surface area contributed by atoms with Crippen LogP contribution in [0.1, 0.15) is 56.1 Å². The third-order valence-electron chi connectivity index (χ3n) is 7.99. The molecule has 0 bridgehead atoms. The molecule has 0 aromatic heterocycles. The van der Waals surface area contributed by atoms with Crippen LogP contribution in [-0.4, -0.2) is 6.11 Å². The first-order chi connectivity index (χ1) is 20.0. The SMILES string of the molecule is CC1CCC(c2ccc(CCC(F)(F)Oc3ccc(-c4ccc(-c5ccc(F)c(F)c5)c(F)c4)cc3)c(F)c2F)CC1. The minimum atomic E-state index is -3.65. The number of ether oxygens (including phenoxy) is 1. The number of aryl methyl sites for hydroxylation is 1. The summed E-state index contributed by atoms with van der Waals surface area (Å²) in [6.07, 6.45) is -1.48. The molecule has 1 fully saturated rings. The summed E-state index contributed by atoms with van der Waals surface area (Å²) in [6.45, 7) is 2.13. The molecular formula is C34H29F7O. The highest BCUT2D eigenvalue weighted by atomic mass is 19.3. The molecule has 1 aliphatic carbocycles. The first kappa shape index (κ1) is 29.7. The van der Waals surface area contributed by atoms with E-state index in [1.165, 1.54) is 54.6 Å². The van der Waals surface area contributed by atoms with Crippen molar-refractivity contribution >= 4 is 0 Å². The Morgan fingerprint density at radius 3 is 1.98 bits per heavy atom. The molecule has 0 unspecified atom stereocenters. The average Bonchev–Trinajstić information content (AvgIpc) is 2.96. The Kier molecular flexibility index (Phi) is 8.62. The first-order valence-electron chi connectivity index (χ1n) is 13.9. The lowest BCUT2D eigenvalue weighted by molar-refractivity contribution is -0.180. The van der Waals surface area contributed by atoms with Gasteiger partial charge in [0.15, 0.2) is 23.3 Å². The molecule has 4 aromatic rings. The second kappa shape index (κ2) is 12.2. The molecule has 1 aliphatic rings. The van der Waals surface area contributed by atoms with Gasteiger partial charge in [-0.3, -0.25) is 0 Å². The molecule has 0 heterocycles. The van der Waals surface area contributed by atoms with E-state index in [0.29, 0.717) is 22.6 Å². The van der Waals surface area contributed by atoms with Crippen molar-refractivity contribution in [1.29, 1.82) is 0 Å². The Bertz CT molecular complexity index is 1560. The maximum atomic E-state index is 14.8. The van der Waals surface area contributed by atoms with E-state index in [1.54, 1.807) is 6.07 Å². The van der Waals surface area contributed by atoms with E-state index in [9.17, 15) is 30.7 Å². The van der Waals surface area contributed by atoms with Gasteiger partial charge in [0.05, 0.1) is 6.42 Å². The summed E-state index contributed by atoms with van der Waals surface area (Å²) in [4.78, 5) is 0. The van der Waals surface area contributed by atoms with Crippen LogP contribution in [0, 0.1) is 35.0 Å². The van der Waals surface area contributed by atoms with Crippen LogP contribution in [0.2, 0.25) is 0 Å². The zero-order valence-electron chi connectivity index (χ0n) is 22.9. The van der Waals surface area contributed by atoms with E-state index in [1.807, 2.05) is 0 Å². The number of rotatable bonds is 8. The molecule has 42 heavy (non-hydrogen) atoms. The van der Waals surface area contributed by atoms with Crippen molar-refractivity contribution in [2.24, 2.45) is 5.92 Å². The van der Waals surface area contributed by atoms with Crippen LogP contribution >= 0.6 is 0 Å². The lowest BCUT2D eigenvalue weighted by Crippen LogP contribution is -2.25. The number of benzene rings is 4. The molecule has 4 aromatic carbocycles. The molecule has 1 saturated carbocycles. The number of alkyl halides is 2. The molecule has 0 atom stereocenters. The third-order valence-corrected chi connectivity index (χ3v) is 7.99. The van der Waals surface area contributed by atoms with Crippen molar-refractivity contribution in [3.05, 3.63) is 113 Å². The second-order valence-electron chi connectivity index (χ2n) is 11.0. The average molecular weight is 587 g/mol. The number of hydrogen-bond acceptors (Lipinski definition) is 1. The van der Waals surface area contributed by atoms with Crippen LogP contribution < -0.4 is 4.74 Å². The van der Waals surface area contributed by atoms with Gasteiger partial charge in [-0.25, -0.2) is 22.0 Å². The largest absolute Gasteiger partial charge is 0.433 e. The topological polar surface area (TPSA) is 9.23 Å². The highest BCUT2D eigenvalue weighted by Crippen LogP contribution is 2.38. The van der Waals surface area contributed by atoms with Gasteiger partial charge < -0.3 is 4.74 Å². The zero-order valence-corrected chi connectivity index (χ0v) is 22.9. The fourth-order valence-corrected chi connectivity index (χ4v) is 5.50. The van der Waals surface area contributed by atoms with Crippen LogP contribution in [0.5, 0.6) is 5.75 Å². The Morgan fingerprint density at radius 1 is 0.667 bits per heavy atom. The molecule has 0 N–H and O–H groups in total. The minimum absolute atomic E-state index is 0.0636. The predicted molar refractivity (Wildman–Crippen MR) is 148 cm³/mol. The fourth-order valence-electron chi connectivity index (χ4n) is 5.50. The van der Waals surface area contributed by atoms with Gasteiger partial charge >= 0.3 is 6.11 Å². The predicted octanol–water partition coefficient (Wildman–Crippen LogP) is 10.6. The summed E-state index contributed by atoms with van der Waals surface area (Å²) in [5.74, 6) is -4.51. The highest BCUT2D eigenvalue weighted by Gasteiger charge is 2.32. The molecule has 0 radical (unpaired) electrons. The molecule has 1 nitrogen and oxygen atoms in total. The Hall–Kier alpha value is -3.81. The van der Waals surface area contributed by atoms with Gasteiger partial charge in [0.2, 0.25) is 0 Å². The van der Waals surface area contributed by atoms with Crippen LogP contribution in [0.25, 0.3) is 22.3 Å². The molecule has 0 aliphatic heterocycles. The van der Waals surface area contributed by atoms with Crippen LogP contribution in [0.4, 0.5) is 30.7 Å². The number of halogens is 7. The minimum Gasteiger partial charge on any atom is -0.433 e. The van der Waals surface area contributed by atoms with Gasteiger partial charge in [0, 0.05) is 5.56 Å². The standard InChI is InChI=1S/C34H29F7O/c1-20-2-4-22(5-3-20)28-14-8-23(32(38)33(28)39)16-17-34(40,41)42-26-11-6-21(7-12-26)24-9-13-27(30(36)18-24)25-10-15-29(35)31(37)19-25/h6-15,18-20,22H,2-5,16-17H2,1H3. The number of hydrogen-bond donors (Lipinski definition) is 0. The molecule has 0 spiro atoms. The van der Waals surface area contributed by atoms with E-state index in [2.05, 4.69) is 6.92 Å². The summed E-state index contributed by atoms with van der Waals surface area (Å²) in [7, 11) is 0. The summed E-state index contributed by atoms with van der Waals surface area (Å²) in [5, 5.41) is 0. The Balaban J connectivity index is 1.22. The van der Waals surface area contributed by atoms with Crippen molar-refractivity contribution in [3.63, 3.8) is 0 Å². The summed E-state index contributed by atoms with van der Waals surface area (Å²) in [5.41, 5.74) is 1.36. The van der Waals surface area contributed by atoms with Gasteiger partial charge in [-0.05, 0) is 89.2 Å². The highest BCUT2D eigenvalue weighted by molar-refractivity contribution is 5.71. The zero-order chi connectivity index (χ0) is 30.0. The van der Waals surface area contributed by atoms with Crippen LogP contribution in [0.15, 0.2) is 72.8 Å². The molecule has 0 amide bonds. The molecular weight excluding hydrogens is 557 g/mol. The van der Waals surface area contributed by atoms with Crippen molar-refractivity contribution < 1.29 is 35.5 Å². The van der Waals surface area contributed by atoms with Crippen molar-refractivity contribution in [1.82, 2.24) is 0 Å². The maximum Gasteiger partial charge on any atom is 0.398 e. The first-order valence-corrected chi connectivity index (χ1v) is 13.9. The van der Waals surface area contributed by atoms with Crippen LogP contribution in [-0.2, 0) is 6.42 Å². The lowest BCUT2D eigenvalue weighted by Gasteiger charge is -2.27. The Labute approximate surface area is 240 Å². The van der Waals surface area contributed by atoms with E-state index >= 15 is 0 Å². The molecule has 220 valence electrons. The normalized spacial score (nSPS) is 17.3. The summed E-state index contributed by atoms with van der Waals surface area (Å²) in [6, 6.07) is 15.7. The van der Waals surface area contributed by atoms with Gasteiger partial charge in [-0.2, -0.15) is 8.78 Å². The van der Waals surface area contributed by atoms with Crippen molar-refractivity contribution in [3.8, 4) is 28.0 Å². The van der Waals surface area contributed by atoms with Crippen LogP contribution in [0.3, 0.4) is 0 Å². The second-order valence-corrected chi connectivity index (χ2v) is 11.0. The fraction of sp³-hybridized carbons (Fsp3) is 0.294. The summed E-state index contributed by atoms with van der Waals surface area (Å²) < 4.78 is 105. The third kappa shape index (κ3) is 6.63. The smallest absolute Gasteiger partial charge is 0.398 e. The van der Waals surface area contributed by atoms with Gasteiger partial charge in [-0.15, -0.1) is 0 Å². The van der Waals surface area contributed by atoms with Gasteiger partial charge in [-0.1, -0.05) is 62.2 Å². The van der Waals surface area contributed by atoms with E-state index in [0.717, 1.165) is 37.8 Å². The lowest BCUT2D eigenvalue weighted by atomic mass is 9.79. The molecule has 8 heteroatoms. The monoisotopic (exact) mass is 586 g/mol. The molecule has 0 saturated heterocycles. The van der Waals surface area contributed by atoms with E-state index < -0.39 is 48.0 Å². The Morgan fingerprint density at radius 2 is 1.31 bits per heavy atom. The van der Waals surface area contributed by atoms with E-state index in [4.69, 9.17) is 4.74 Å².